The first-order chi connectivity index (χ1) is 10.9. The Morgan fingerprint density at radius 2 is 1.91 bits per heavy atom. The lowest BCUT2D eigenvalue weighted by molar-refractivity contribution is -0.119. The van der Waals surface area contributed by atoms with Crippen LogP contribution in [0.4, 0.5) is 11.4 Å². The lowest BCUT2D eigenvalue weighted by Crippen LogP contribution is -2.21. The van der Waals surface area contributed by atoms with E-state index in [2.05, 4.69) is 5.32 Å². The number of aryl methyl sites for hydroxylation is 2. The van der Waals surface area contributed by atoms with Crippen LogP contribution in [0.5, 0.6) is 0 Å². The van der Waals surface area contributed by atoms with Crippen LogP contribution in [0, 0.1) is 13.8 Å². The fourth-order valence-electron chi connectivity index (χ4n) is 2.03. The standard InChI is InChI=1S/C17H17ClN2O3/c1-10-3-6-15(11(2)7-10)20-16(21)9-23-17(22)12-4-5-13(18)14(19)8-12/h3-8H,9,19H2,1-2H3,(H,20,21). The molecule has 5 nitrogen and oxygen atoms in total. The summed E-state index contributed by atoms with van der Waals surface area (Å²) in [6.45, 7) is 3.48. The maximum Gasteiger partial charge on any atom is 0.338 e. The molecule has 0 aliphatic carbocycles. The summed E-state index contributed by atoms with van der Waals surface area (Å²) in [5.41, 5.74) is 8.88. The van der Waals surface area contributed by atoms with Crippen molar-refractivity contribution in [2.75, 3.05) is 17.7 Å². The molecule has 0 fully saturated rings. The van der Waals surface area contributed by atoms with Crippen LogP contribution in [-0.4, -0.2) is 18.5 Å². The molecule has 0 saturated heterocycles. The number of hydrogen-bond acceptors (Lipinski definition) is 4. The van der Waals surface area contributed by atoms with Gasteiger partial charge < -0.3 is 15.8 Å². The van der Waals surface area contributed by atoms with E-state index in [1.54, 1.807) is 0 Å². The van der Waals surface area contributed by atoms with Crippen LogP contribution in [0.1, 0.15) is 21.5 Å². The Labute approximate surface area is 139 Å². The molecule has 0 unspecified atom stereocenters. The molecule has 0 spiro atoms. The van der Waals surface area contributed by atoms with Gasteiger partial charge in [0.25, 0.3) is 5.91 Å². The normalized spacial score (nSPS) is 10.2. The van der Waals surface area contributed by atoms with Crippen molar-refractivity contribution in [1.82, 2.24) is 0 Å². The minimum Gasteiger partial charge on any atom is -0.452 e. The van der Waals surface area contributed by atoms with Crippen LogP contribution in [0.15, 0.2) is 36.4 Å². The fraction of sp³-hybridized carbons (Fsp3) is 0.176. The minimum atomic E-state index is -0.635. The van der Waals surface area contributed by atoms with Crippen LogP contribution >= 0.6 is 11.6 Å². The van der Waals surface area contributed by atoms with E-state index in [0.29, 0.717) is 10.7 Å². The van der Waals surface area contributed by atoms with Gasteiger partial charge in [-0.15, -0.1) is 0 Å². The summed E-state index contributed by atoms with van der Waals surface area (Å²) in [7, 11) is 0. The van der Waals surface area contributed by atoms with E-state index in [9.17, 15) is 9.59 Å². The van der Waals surface area contributed by atoms with E-state index < -0.39 is 11.9 Å². The summed E-state index contributed by atoms with van der Waals surface area (Å²) >= 11 is 5.79. The molecule has 0 aromatic heterocycles. The van der Waals surface area contributed by atoms with Crippen LogP contribution < -0.4 is 11.1 Å². The SMILES string of the molecule is Cc1ccc(NC(=O)COC(=O)c2ccc(Cl)c(N)c2)c(C)c1. The van der Waals surface area contributed by atoms with Gasteiger partial charge in [-0.3, -0.25) is 4.79 Å². The highest BCUT2D eigenvalue weighted by Gasteiger charge is 2.12. The highest BCUT2D eigenvalue weighted by Crippen LogP contribution is 2.20. The van der Waals surface area contributed by atoms with E-state index in [1.807, 2.05) is 32.0 Å². The Morgan fingerprint density at radius 1 is 1.17 bits per heavy atom. The predicted octanol–water partition coefficient (Wildman–Crippen LogP) is 3.33. The van der Waals surface area contributed by atoms with Crippen LogP contribution in [0.3, 0.4) is 0 Å². The van der Waals surface area contributed by atoms with E-state index in [4.69, 9.17) is 22.1 Å². The molecule has 0 bridgehead atoms. The summed E-state index contributed by atoms with van der Waals surface area (Å²) in [6.07, 6.45) is 0. The van der Waals surface area contributed by atoms with E-state index in [-0.39, 0.29) is 17.9 Å². The third-order valence-corrected chi connectivity index (χ3v) is 3.57. The second kappa shape index (κ2) is 7.15. The first kappa shape index (κ1) is 16.8. The molecular formula is C17H17ClN2O3. The number of amides is 1. The maximum atomic E-state index is 11.9. The zero-order chi connectivity index (χ0) is 17.0. The van der Waals surface area contributed by atoms with Crippen molar-refractivity contribution in [3.63, 3.8) is 0 Å². The number of carbonyl (C=O) groups is 2. The van der Waals surface area contributed by atoms with Gasteiger partial charge in [-0.2, -0.15) is 0 Å². The number of nitrogens with one attached hydrogen (secondary N) is 1. The molecule has 0 heterocycles. The van der Waals surface area contributed by atoms with Crippen molar-refractivity contribution < 1.29 is 14.3 Å². The number of nitrogen functional groups attached to an aromatic ring is 1. The average Bonchev–Trinajstić information content (AvgIpc) is 2.50. The van der Waals surface area contributed by atoms with Crippen LogP contribution in [0.25, 0.3) is 0 Å². The van der Waals surface area contributed by atoms with E-state index in [0.717, 1.165) is 11.1 Å². The van der Waals surface area contributed by atoms with Crippen LogP contribution in [0.2, 0.25) is 5.02 Å². The number of esters is 1. The molecule has 0 aliphatic rings. The fourth-order valence-corrected chi connectivity index (χ4v) is 2.14. The molecule has 120 valence electrons. The molecule has 0 saturated carbocycles. The Morgan fingerprint density at radius 3 is 2.57 bits per heavy atom. The topological polar surface area (TPSA) is 81.4 Å². The molecule has 3 N–H and O–H groups in total. The highest BCUT2D eigenvalue weighted by atomic mass is 35.5. The first-order valence-electron chi connectivity index (χ1n) is 6.96. The molecule has 6 heteroatoms. The second-order valence-electron chi connectivity index (χ2n) is 5.18. The Hall–Kier alpha value is -2.53. The predicted molar refractivity (Wildman–Crippen MR) is 90.7 cm³/mol. The Bertz CT molecular complexity index is 759. The highest BCUT2D eigenvalue weighted by molar-refractivity contribution is 6.33. The molecule has 2 aromatic carbocycles. The van der Waals surface area contributed by atoms with Gasteiger partial charge in [0, 0.05) is 5.69 Å². The minimum absolute atomic E-state index is 0.242. The average molecular weight is 333 g/mol. The van der Waals surface area contributed by atoms with E-state index >= 15 is 0 Å². The summed E-state index contributed by atoms with van der Waals surface area (Å²) in [5, 5.41) is 3.06. The number of benzene rings is 2. The van der Waals surface area contributed by atoms with Gasteiger partial charge >= 0.3 is 5.97 Å². The van der Waals surface area contributed by atoms with Gasteiger partial charge in [0.05, 0.1) is 16.3 Å². The number of anilines is 2. The van der Waals surface area contributed by atoms with Crippen LogP contribution in [-0.2, 0) is 9.53 Å². The largest absolute Gasteiger partial charge is 0.452 e. The van der Waals surface area contributed by atoms with Crippen molar-refractivity contribution in [3.8, 4) is 0 Å². The van der Waals surface area contributed by atoms with Crippen molar-refractivity contribution in [2.24, 2.45) is 0 Å². The molecule has 23 heavy (non-hydrogen) atoms. The smallest absolute Gasteiger partial charge is 0.338 e. The lowest BCUT2D eigenvalue weighted by atomic mass is 10.1. The van der Waals surface area contributed by atoms with Crippen molar-refractivity contribution >= 4 is 34.9 Å². The van der Waals surface area contributed by atoms with E-state index in [1.165, 1.54) is 18.2 Å². The summed E-state index contributed by atoms with van der Waals surface area (Å²) in [5.74, 6) is -1.05. The zero-order valence-corrected chi connectivity index (χ0v) is 13.6. The maximum absolute atomic E-state index is 11.9. The third-order valence-electron chi connectivity index (χ3n) is 3.22. The summed E-state index contributed by atoms with van der Waals surface area (Å²) in [6, 6.07) is 10.1. The molecule has 2 aromatic rings. The molecule has 0 atom stereocenters. The number of halogens is 1. The van der Waals surface area contributed by atoms with Gasteiger partial charge in [0.1, 0.15) is 0 Å². The molecule has 0 aliphatic heterocycles. The van der Waals surface area contributed by atoms with Gasteiger partial charge in [-0.1, -0.05) is 29.3 Å². The monoisotopic (exact) mass is 332 g/mol. The molecule has 1 amide bonds. The number of hydrogen-bond donors (Lipinski definition) is 2. The van der Waals surface area contributed by atoms with Gasteiger partial charge in [0.2, 0.25) is 0 Å². The molecule has 2 rings (SSSR count). The second-order valence-corrected chi connectivity index (χ2v) is 5.59. The van der Waals surface area contributed by atoms with Crippen molar-refractivity contribution in [2.45, 2.75) is 13.8 Å². The molecular weight excluding hydrogens is 316 g/mol. The number of ether oxygens (including phenoxy) is 1. The molecule has 0 radical (unpaired) electrons. The quantitative estimate of drug-likeness (QED) is 0.664. The summed E-state index contributed by atoms with van der Waals surface area (Å²) < 4.78 is 4.97. The number of nitrogens with two attached hydrogens (primary N) is 1. The van der Waals surface area contributed by atoms with Gasteiger partial charge in [-0.25, -0.2) is 4.79 Å². The Kier molecular flexibility index (Phi) is 5.24. The van der Waals surface area contributed by atoms with Crippen molar-refractivity contribution in [3.05, 3.63) is 58.1 Å². The zero-order valence-electron chi connectivity index (χ0n) is 12.9. The van der Waals surface area contributed by atoms with Gasteiger partial charge in [0.15, 0.2) is 6.61 Å². The van der Waals surface area contributed by atoms with Gasteiger partial charge in [-0.05, 0) is 43.7 Å². The number of carbonyl (C=O) groups excluding carboxylic acids is 2. The number of rotatable bonds is 4. The summed E-state index contributed by atoms with van der Waals surface area (Å²) in [4.78, 5) is 23.7. The Balaban J connectivity index is 1.93. The lowest BCUT2D eigenvalue weighted by Gasteiger charge is -2.10. The third kappa shape index (κ3) is 4.47. The van der Waals surface area contributed by atoms with Crippen molar-refractivity contribution in [1.29, 1.82) is 0 Å². The first-order valence-corrected chi connectivity index (χ1v) is 7.34.